The van der Waals surface area contributed by atoms with Gasteiger partial charge < -0.3 is 9.38 Å². The summed E-state index contributed by atoms with van der Waals surface area (Å²) in [6.45, 7) is 10.9. The average Bonchev–Trinajstić information content (AvgIpc) is 2.79. The van der Waals surface area contributed by atoms with Gasteiger partial charge in [0.15, 0.2) is 0 Å². The second kappa shape index (κ2) is 13.0. The van der Waals surface area contributed by atoms with E-state index in [4.69, 9.17) is 11.6 Å². The molecule has 0 saturated carbocycles. The van der Waals surface area contributed by atoms with Gasteiger partial charge in [-0.25, -0.2) is 17.9 Å². The number of carbonyl (C=O) groups is 1. The largest absolute Gasteiger partial charge is 0.331 e. The molecule has 0 bridgehead atoms. The fourth-order valence-electron chi connectivity index (χ4n) is 5.11. The molecule has 3 aromatic rings. The van der Waals surface area contributed by atoms with Gasteiger partial charge in [-0.3, -0.25) is 0 Å². The predicted molar refractivity (Wildman–Crippen MR) is 159 cm³/mol. The molecule has 3 aromatic carbocycles. The fourth-order valence-corrected chi connectivity index (χ4v) is 6.60. The molecule has 8 heteroatoms. The molecule has 0 spiro atoms. The van der Waals surface area contributed by atoms with Crippen LogP contribution in [0.4, 0.5) is 4.79 Å². The molecule has 0 aliphatic carbocycles. The van der Waals surface area contributed by atoms with Gasteiger partial charge in [0.05, 0.1) is 25.7 Å². The highest BCUT2D eigenvalue weighted by Crippen LogP contribution is 2.21. The third-order valence-corrected chi connectivity index (χ3v) is 8.44. The molecule has 6 nitrogen and oxygen atoms in total. The van der Waals surface area contributed by atoms with Gasteiger partial charge in [-0.1, -0.05) is 82.4 Å². The number of benzene rings is 3. The van der Waals surface area contributed by atoms with Crippen LogP contribution in [-0.2, 0) is 23.1 Å². The van der Waals surface area contributed by atoms with E-state index in [1.165, 1.54) is 28.8 Å². The number of unbranched alkanes of at least 4 members (excludes halogenated alkanes) is 1. The van der Waals surface area contributed by atoms with E-state index in [-0.39, 0.29) is 9.92 Å². The Hall–Kier alpha value is -2.87. The quantitative estimate of drug-likeness (QED) is 0.210. The fraction of sp³-hybridized carbons (Fsp3) is 0.387. The van der Waals surface area contributed by atoms with Crippen LogP contribution in [0.15, 0.2) is 65.6 Å². The second-order valence-electron chi connectivity index (χ2n) is 11.3. The number of aryl methyl sites for hydroxylation is 4. The Labute approximate surface area is 239 Å². The zero-order valence-electron chi connectivity index (χ0n) is 23.9. The van der Waals surface area contributed by atoms with Crippen molar-refractivity contribution in [1.29, 1.82) is 0 Å². The zero-order valence-corrected chi connectivity index (χ0v) is 25.5. The summed E-state index contributed by atoms with van der Waals surface area (Å²) >= 11 is 6.11. The Morgan fingerprint density at radius 1 is 0.846 bits per heavy atom. The van der Waals surface area contributed by atoms with E-state index >= 15 is 0 Å². The molecule has 3 rings (SSSR count). The molecule has 0 aromatic heterocycles. The van der Waals surface area contributed by atoms with Crippen LogP contribution in [0.3, 0.4) is 0 Å². The molecule has 0 unspecified atom stereocenters. The molecule has 2 amide bonds. The second-order valence-corrected chi connectivity index (χ2v) is 13.3. The normalized spacial score (nSPS) is 11.9. The van der Waals surface area contributed by atoms with E-state index in [1.54, 1.807) is 17.0 Å². The Morgan fingerprint density at radius 3 is 1.95 bits per heavy atom. The predicted octanol–water partition coefficient (Wildman–Crippen LogP) is 6.53. The number of nitrogens with one attached hydrogen (secondary N) is 1. The van der Waals surface area contributed by atoms with Crippen LogP contribution < -0.4 is 4.72 Å². The first-order chi connectivity index (χ1) is 18.2. The number of rotatable bonds is 11. The van der Waals surface area contributed by atoms with E-state index in [2.05, 4.69) is 56.9 Å². The van der Waals surface area contributed by atoms with Gasteiger partial charge in [-0.15, -0.1) is 0 Å². The molecular formula is C31H41ClN3O3S+. The summed E-state index contributed by atoms with van der Waals surface area (Å²) < 4.78 is 29.0. The summed E-state index contributed by atoms with van der Waals surface area (Å²) in [6, 6.07) is 18.2. The third kappa shape index (κ3) is 9.38. The summed E-state index contributed by atoms with van der Waals surface area (Å²) in [7, 11) is 0.317. The van der Waals surface area contributed by atoms with Gasteiger partial charge in [-0.2, -0.15) is 0 Å². The maximum Gasteiger partial charge on any atom is 0.331 e. The van der Waals surface area contributed by atoms with Crippen LogP contribution in [0.5, 0.6) is 0 Å². The Morgan fingerprint density at radius 2 is 1.38 bits per heavy atom. The number of nitrogens with zero attached hydrogens (tertiary/aromatic N) is 2. The molecule has 39 heavy (non-hydrogen) atoms. The molecule has 0 saturated heterocycles. The molecule has 1 N–H and O–H groups in total. The summed E-state index contributed by atoms with van der Waals surface area (Å²) in [5, 5.41) is 0.0717. The number of urea groups is 1. The molecule has 0 atom stereocenters. The lowest BCUT2D eigenvalue weighted by molar-refractivity contribution is -0.903. The van der Waals surface area contributed by atoms with Crippen LogP contribution in [0, 0.1) is 27.7 Å². The first-order valence-corrected chi connectivity index (χ1v) is 15.1. The lowest BCUT2D eigenvalue weighted by Crippen LogP contribution is -2.43. The minimum Gasteiger partial charge on any atom is -0.325 e. The van der Waals surface area contributed by atoms with E-state index in [1.807, 2.05) is 26.0 Å². The van der Waals surface area contributed by atoms with Gasteiger partial charge in [-0.05, 0) is 58.2 Å². The van der Waals surface area contributed by atoms with Crippen LogP contribution in [0.1, 0.15) is 46.2 Å². The minimum atomic E-state index is -4.12. The maximum absolute atomic E-state index is 13.3. The number of amides is 2. The van der Waals surface area contributed by atoms with Crippen molar-refractivity contribution in [3.05, 3.63) is 99.1 Å². The van der Waals surface area contributed by atoms with Crippen molar-refractivity contribution in [3.8, 4) is 0 Å². The molecule has 0 heterocycles. The highest BCUT2D eigenvalue weighted by Gasteiger charge is 2.24. The van der Waals surface area contributed by atoms with E-state index in [9.17, 15) is 13.2 Å². The number of quaternary nitrogens is 1. The third-order valence-electron chi connectivity index (χ3n) is 6.62. The molecule has 210 valence electrons. The lowest BCUT2D eigenvalue weighted by atomic mass is 10.1. The Bertz CT molecular complexity index is 1380. The monoisotopic (exact) mass is 570 g/mol. The van der Waals surface area contributed by atoms with Crippen molar-refractivity contribution in [2.24, 2.45) is 0 Å². The van der Waals surface area contributed by atoms with Crippen LogP contribution >= 0.6 is 11.6 Å². The molecule has 0 radical (unpaired) electrons. The molecular weight excluding hydrogens is 530 g/mol. The van der Waals surface area contributed by atoms with Gasteiger partial charge in [0, 0.05) is 18.7 Å². The first-order valence-electron chi connectivity index (χ1n) is 13.3. The van der Waals surface area contributed by atoms with Crippen LogP contribution in [-0.4, -0.2) is 51.0 Å². The minimum absolute atomic E-state index is 0.0717. The molecule has 0 aliphatic heterocycles. The Kier molecular flexibility index (Phi) is 10.2. The highest BCUT2D eigenvalue weighted by molar-refractivity contribution is 7.90. The van der Waals surface area contributed by atoms with Crippen molar-refractivity contribution in [1.82, 2.24) is 9.62 Å². The molecule has 0 fully saturated rings. The number of hydrogen-bond acceptors (Lipinski definition) is 3. The number of carbonyl (C=O) groups excluding carboxylic acids is 1. The van der Waals surface area contributed by atoms with Crippen molar-refractivity contribution in [2.45, 2.75) is 58.5 Å². The topological polar surface area (TPSA) is 66.5 Å². The SMILES string of the molecule is Cc1cc(C)cc(CN(CCCC[N+](C)(C)Cc2cc(C)cc(C)c2)C(=O)NS(=O)(=O)c2ccccc2Cl)c1. The number of halogens is 1. The van der Waals surface area contributed by atoms with Crippen LogP contribution in [0.2, 0.25) is 5.02 Å². The van der Waals surface area contributed by atoms with E-state index in [0.29, 0.717) is 13.1 Å². The van der Waals surface area contributed by atoms with Gasteiger partial charge in [0.25, 0.3) is 10.0 Å². The van der Waals surface area contributed by atoms with Crippen molar-refractivity contribution in [2.75, 3.05) is 27.2 Å². The maximum atomic E-state index is 13.3. The van der Waals surface area contributed by atoms with Gasteiger partial charge in [0.1, 0.15) is 11.4 Å². The van der Waals surface area contributed by atoms with Crippen molar-refractivity contribution < 1.29 is 17.7 Å². The Balaban J connectivity index is 1.69. The van der Waals surface area contributed by atoms with E-state index < -0.39 is 16.1 Å². The first kappa shape index (κ1) is 30.7. The van der Waals surface area contributed by atoms with Crippen molar-refractivity contribution >= 4 is 27.7 Å². The summed E-state index contributed by atoms with van der Waals surface area (Å²) in [4.78, 5) is 14.8. The van der Waals surface area contributed by atoms with Gasteiger partial charge >= 0.3 is 6.03 Å². The van der Waals surface area contributed by atoms with E-state index in [0.717, 1.165) is 47.1 Å². The number of sulfonamides is 1. The van der Waals surface area contributed by atoms with Gasteiger partial charge in [0.2, 0.25) is 0 Å². The highest BCUT2D eigenvalue weighted by atomic mass is 35.5. The standard InChI is InChI=1S/C31H40ClN3O3S/c1-23-15-24(2)18-27(17-23)21-34(31(36)33-39(37,38)30-12-8-7-11-29(30)32)13-9-10-14-35(5,6)22-28-19-25(3)16-26(4)20-28/h7-8,11-12,15-20H,9-10,13-14,21-22H2,1-6H3/p+1. The summed E-state index contributed by atoms with van der Waals surface area (Å²) in [5.74, 6) is 0. The number of hydrogen-bond donors (Lipinski definition) is 1. The summed E-state index contributed by atoms with van der Waals surface area (Å²) in [5.41, 5.74) is 7.01. The van der Waals surface area contributed by atoms with Crippen molar-refractivity contribution in [3.63, 3.8) is 0 Å². The average molecular weight is 571 g/mol. The lowest BCUT2D eigenvalue weighted by Gasteiger charge is -2.31. The van der Waals surface area contributed by atoms with Crippen LogP contribution in [0.25, 0.3) is 0 Å². The molecule has 0 aliphatic rings. The smallest absolute Gasteiger partial charge is 0.325 e. The summed E-state index contributed by atoms with van der Waals surface area (Å²) in [6.07, 6.45) is 1.64. The zero-order chi connectivity index (χ0) is 28.8.